The first-order valence-corrected chi connectivity index (χ1v) is 4.73. The van der Waals surface area contributed by atoms with Gasteiger partial charge in [-0.15, -0.1) is 0 Å². The molecule has 0 radical (unpaired) electrons. The summed E-state index contributed by atoms with van der Waals surface area (Å²) in [6.45, 7) is 2.33. The van der Waals surface area contributed by atoms with Crippen LogP contribution in [-0.2, 0) is 4.79 Å². The Hall–Kier alpha value is -1.35. The summed E-state index contributed by atoms with van der Waals surface area (Å²) in [5.74, 6) is 0.0175. The van der Waals surface area contributed by atoms with E-state index in [1.165, 1.54) is 0 Å². The van der Waals surface area contributed by atoms with Gasteiger partial charge in [0.05, 0.1) is 12.6 Å². The lowest BCUT2D eigenvalue weighted by Crippen LogP contribution is -2.33. The van der Waals surface area contributed by atoms with Crippen molar-refractivity contribution in [2.45, 2.75) is 13.0 Å². The van der Waals surface area contributed by atoms with Crippen molar-refractivity contribution in [2.75, 3.05) is 13.6 Å². The molecule has 1 rings (SSSR count). The number of likely N-dealkylation sites (N-methyl/N-ethyl adjacent to an activating group) is 1. The van der Waals surface area contributed by atoms with E-state index >= 15 is 0 Å². The summed E-state index contributed by atoms with van der Waals surface area (Å²) < 4.78 is 0. The van der Waals surface area contributed by atoms with E-state index in [-0.39, 0.29) is 11.9 Å². The maximum atomic E-state index is 11.3. The minimum atomic E-state index is 0.0175. The minimum absolute atomic E-state index is 0.0175. The van der Waals surface area contributed by atoms with Crippen LogP contribution in [0, 0.1) is 0 Å². The van der Waals surface area contributed by atoms with E-state index in [0.29, 0.717) is 6.54 Å². The van der Waals surface area contributed by atoms with Gasteiger partial charge in [-0.05, 0) is 19.5 Å². The maximum Gasteiger partial charge on any atom is 0.234 e. The van der Waals surface area contributed by atoms with Crippen LogP contribution in [0.4, 0.5) is 0 Å². The molecule has 1 aromatic carbocycles. The fourth-order valence-corrected chi connectivity index (χ4v) is 1.28. The van der Waals surface area contributed by atoms with Gasteiger partial charge in [-0.25, -0.2) is 0 Å². The fraction of sp³-hybridized carbons (Fsp3) is 0.364. The highest BCUT2D eigenvalue weighted by molar-refractivity contribution is 5.78. The molecule has 0 aromatic heterocycles. The Balaban J connectivity index is 2.50. The van der Waals surface area contributed by atoms with Gasteiger partial charge in [0, 0.05) is 0 Å². The average molecular weight is 192 g/mol. The minimum Gasteiger partial charge on any atom is -0.348 e. The molecule has 0 spiro atoms. The van der Waals surface area contributed by atoms with Crippen LogP contribution in [0.3, 0.4) is 0 Å². The van der Waals surface area contributed by atoms with Crippen molar-refractivity contribution < 1.29 is 4.79 Å². The van der Waals surface area contributed by atoms with Crippen molar-refractivity contribution in [3.63, 3.8) is 0 Å². The molecule has 0 saturated heterocycles. The average Bonchev–Trinajstić information content (AvgIpc) is 2.19. The van der Waals surface area contributed by atoms with Crippen LogP contribution in [0.2, 0.25) is 0 Å². The molecule has 0 aliphatic rings. The van der Waals surface area contributed by atoms with Crippen LogP contribution in [0.5, 0.6) is 0 Å². The normalized spacial score (nSPS) is 12.1. The molecule has 0 aliphatic carbocycles. The number of hydrogen-bond acceptors (Lipinski definition) is 2. The van der Waals surface area contributed by atoms with E-state index in [1.54, 1.807) is 7.05 Å². The lowest BCUT2D eigenvalue weighted by atomic mass is 10.1. The first kappa shape index (κ1) is 10.7. The number of hydrogen-bond donors (Lipinski definition) is 2. The van der Waals surface area contributed by atoms with Crippen molar-refractivity contribution >= 4 is 5.91 Å². The zero-order valence-corrected chi connectivity index (χ0v) is 8.58. The number of nitrogens with one attached hydrogen (secondary N) is 2. The summed E-state index contributed by atoms with van der Waals surface area (Å²) in [6.07, 6.45) is 0. The summed E-state index contributed by atoms with van der Waals surface area (Å²) in [5.41, 5.74) is 1.12. The van der Waals surface area contributed by atoms with E-state index in [2.05, 4.69) is 10.6 Å². The lowest BCUT2D eigenvalue weighted by molar-refractivity contribution is -0.120. The van der Waals surface area contributed by atoms with Gasteiger partial charge in [-0.3, -0.25) is 4.79 Å². The van der Waals surface area contributed by atoms with Gasteiger partial charge in [-0.1, -0.05) is 30.3 Å². The Kier molecular flexibility index (Phi) is 4.13. The molecule has 0 saturated carbocycles. The van der Waals surface area contributed by atoms with Crippen molar-refractivity contribution in [1.82, 2.24) is 10.6 Å². The van der Waals surface area contributed by atoms with E-state index in [0.717, 1.165) is 5.56 Å². The number of carbonyl (C=O) groups is 1. The molecule has 14 heavy (non-hydrogen) atoms. The highest BCUT2D eigenvalue weighted by Gasteiger charge is 2.07. The number of benzene rings is 1. The topological polar surface area (TPSA) is 41.1 Å². The Morgan fingerprint density at radius 3 is 2.57 bits per heavy atom. The lowest BCUT2D eigenvalue weighted by Gasteiger charge is -2.13. The van der Waals surface area contributed by atoms with Crippen LogP contribution in [0.25, 0.3) is 0 Å². The first-order valence-electron chi connectivity index (χ1n) is 4.73. The molecule has 1 atom stereocenters. The SMILES string of the molecule is CNCC(=O)N[C@@H](C)c1ccccc1. The molecule has 76 valence electrons. The molecule has 1 aromatic rings. The zero-order valence-electron chi connectivity index (χ0n) is 8.58. The van der Waals surface area contributed by atoms with E-state index in [4.69, 9.17) is 0 Å². The van der Waals surface area contributed by atoms with Gasteiger partial charge < -0.3 is 10.6 Å². The number of amides is 1. The summed E-state index contributed by atoms with van der Waals surface area (Å²) >= 11 is 0. The predicted octanol–water partition coefficient (Wildman–Crippen LogP) is 1.08. The number of rotatable bonds is 4. The van der Waals surface area contributed by atoms with Gasteiger partial charge >= 0.3 is 0 Å². The van der Waals surface area contributed by atoms with Crippen LogP contribution in [0.15, 0.2) is 30.3 Å². The second-order valence-corrected chi connectivity index (χ2v) is 3.23. The Morgan fingerprint density at radius 2 is 2.00 bits per heavy atom. The predicted molar refractivity (Wildman–Crippen MR) is 56.9 cm³/mol. The molecular weight excluding hydrogens is 176 g/mol. The summed E-state index contributed by atoms with van der Waals surface area (Å²) in [4.78, 5) is 11.3. The highest BCUT2D eigenvalue weighted by Crippen LogP contribution is 2.10. The standard InChI is InChI=1S/C11H16N2O/c1-9(13-11(14)8-12-2)10-6-4-3-5-7-10/h3-7,9,12H,8H2,1-2H3,(H,13,14)/t9-/m0/s1. The number of carbonyl (C=O) groups excluding carboxylic acids is 1. The third-order valence-corrected chi connectivity index (χ3v) is 2.01. The molecule has 3 heteroatoms. The molecule has 0 heterocycles. The second-order valence-electron chi connectivity index (χ2n) is 3.23. The molecule has 3 nitrogen and oxygen atoms in total. The van der Waals surface area contributed by atoms with Gasteiger partial charge in [-0.2, -0.15) is 0 Å². The molecule has 0 unspecified atom stereocenters. The van der Waals surface area contributed by atoms with Gasteiger partial charge in [0.15, 0.2) is 0 Å². The van der Waals surface area contributed by atoms with E-state index < -0.39 is 0 Å². The van der Waals surface area contributed by atoms with Crippen molar-refractivity contribution in [1.29, 1.82) is 0 Å². The van der Waals surface area contributed by atoms with Crippen LogP contribution < -0.4 is 10.6 Å². The maximum absolute atomic E-state index is 11.3. The van der Waals surface area contributed by atoms with Crippen LogP contribution >= 0.6 is 0 Å². The van der Waals surface area contributed by atoms with E-state index in [9.17, 15) is 4.79 Å². The molecular formula is C11H16N2O. The third-order valence-electron chi connectivity index (χ3n) is 2.01. The fourth-order valence-electron chi connectivity index (χ4n) is 1.28. The summed E-state index contributed by atoms with van der Waals surface area (Å²) in [7, 11) is 1.76. The van der Waals surface area contributed by atoms with Crippen molar-refractivity contribution in [3.05, 3.63) is 35.9 Å². The van der Waals surface area contributed by atoms with Gasteiger partial charge in [0.1, 0.15) is 0 Å². The Bertz CT molecular complexity index is 285. The summed E-state index contributed by atoms with van der Waals surface area (Å²) in [5, 5.41) is 5.71. The van der Waals surface area contributed by atoms with Crippen molar-refractivity contribution in [2.24, 2.45) is 0 Å². The molecule has 0 aliphatic heterocycles. The van der Waals surface area contributed by atoms with Crippen LogP contribution in [-0.4, -0.2) is 19.5 Å². The molecule has 0 fully saturated rings. The zero-order chi connectivity index (χ0) is 10.4. The van der Waals surface area contributed by atoms with Crippen molar-refractivity contribution in [3.8, 4) is 0 Å². The van der Waals surface area contributed by atoms with E-state index in [1.807, 2.05) is 37.3 Å². The Labute approximate surface area is 84.5 Å². The molecule has 2 N–H and O–H groups in total. The third kappa shape index (κ3) is 3.18. The summed E-state index contributed by atoms with van der Waals surface area (Å²) in [6, 6.07) is 9.98. The van der Waals surface area contributed by atoms with Crippen LogP contribution in [0.1, 0.15) is 18.5 Å². The largest absolute Gasteiger partial charge is 0.348 e. The quantitative estimate of drug-likeness (QED) is 0.749. The monoisotopic (exact) mass is 192 g/mol. The van der Waals surface area contributed by atoms with Gasteiger partial charge in [0.2, 0.25) is 5.91 Å². The first-order chi connectivity index (χ1) is 6.74. The Morgan fingerprint density at radius 1 is 1.36 bits per heavy atom. The van der Waals surface area contributed by atoms with Gasteiger partial charge in [0.25, 0.3) is 0 Å². The smallest absolute Gasteiger partial charge is 0.234 e. The molecule has 1 amide bonds. The second kappa shape index (κ2) is 5.40. The molecule has 0 bridgehead atoms. The highest BCUT2D eigenvalue weighted by atomic mass is 16.1.